The molecule has 1 aromatic heterocycles. The first-order valence-corrected chi connectivity index (χ1v) is 11.0. The van der Waals surface area contributed by atoms with E-state index in [9.17, 15) is 9.18 Å². The Morgan fingerprint density at radius 1 is 1.03 bits per heavy atom. The summed E-state index contributed by atoms with van der Waals surface area (Å²) in [5.41, 5.74) is 1.22. The topological polar surface area (TPSA) is 52.6 Å². The molecule has 0 N–H and O–H groups in total. The van der Waals surface area contributed by atoms with Crippen molar-refractivity contribution in [1.29, 1.82) is 0 Å². The van der Waals surface area contributed by atoms with E-state index < -0.39 is 5.82 Å². The maximum Gasteiger partial charge on any atom is 0.227 e. The number of rotatable bonds is 4. The molecule has 0 saturated carbocycles. The summed E-state index contributed by atoms with van der Waals surface area (Å²) in [7, 11) is 0. The molecule has 1 amide bonds. The molecule has 2 fully saturated rings. The molecule has 2 aliphatic rings. The smallest absolute Gasteiger partial charge is 0.227 e. The van der Waals surface area contributed by atoms with Crippen molar-refractivity contribution >= 4 is 29.3 Å². The number of aromatic nitrogens is 2. The van der Waals surface area contributed by atoms with Crippen LogP contribution in [0.2, 0.25) is 5.02 Å². The summed E-state index contributed by atoms with van der Waals surface area (Å²) in [6.07, 6.45) is 3.61. The molecule has 0 unspecified atom stereocenters. The van der Waals surface area contributed by atoms with Crippen molar-refractivity contribution < 1.29 is 9.18 Å². The van der Waals surface area contributed by atoms with Crippen LogP contribution in [0.15, 0.2) is 24.3 Å². The molecule has 6 nitrogen and oxygen atoms in total. The quantitative estimate of drug-likeness (QED) is 0.742. The molecule has 30 heavy (non-hydrogen) atoms. The van der Waals surface area contributed by atoms with Crippen LogP contribution in [0.1, 0.15) is 30.5 Å². The molecule has 160 valence electrons. The molecule has 1 aromatic carbocycles. The number of benzene rings is 1. The van der Waals surface area contributed by atoms with Crippen LogP contribution in [-0.4, -0.2) is 60.0 Å². The zero-order valence-corrected chi connectivity index (χ0v) is 18.0. The van der Waals surface area contributed by atoms with E-state index in [4.69, 9.17) is 16.6 Å². The number of nitrogens with zero attached hydrogens (tertiary/aromatic N) is 5. The Bertz CT molecular complexity index is 890. The lowest BCUT2D eigenvalue weighted by Gasteiger charge is -2.36. The van der Waals surface area contributed by atoms with Gasteiger partial charge in [0.2, 0.25) is 11.9 Å². The molecule has 2 aliphatic heterocycles. The third kappa shape index (κ3) is 4.67. The van der Waals surface area contributed by atoms with Gasteiger partial charge in [0, 0.05) is 61.6 Å². The van der Waals surface area contributed by atoms with Crippen LogP contribution in [0, 0.1) is 12.7 Å². The molecule has 0 radical (unpaired) electrons. The second-order valence-electron chi connectivity index (χ2n) is 7.96. The van der Waals surface area contributed by atoms with Crippen LogP contribution in [0.3, 0.4) is 0 Å². The number of piperidine rings is 1. The number of halogens is 2. The van der Waals surface area contributed by atoms with Crippen LogP contribution in [-0.2, 0) is 11.2 Å². The van der Waals surface area contributed by atoms with Gasteiger partial charge in [-0.1, -0.05) is 17.7 Å². The first kappa shape index (κ1) is 20.8. The standard InChI is InChI=1S/C22H27ClFN5O/c1-16-14-20(26-22(25-16)29-8-3-2-4-9-29)27-10-12-28(13-11-27)21(30)15-17-18(23)6-5-7-19(17)24/h5-7,14H,2-4,8-13,15H2,1H3. The fourth-order valence-electron chi connectivity index (χ4n) is 4.08. The van der Waals surface area contributed by atoms with Gasteiger partial charge in [-0.25, -0.2) is 9.37 Å². The third-order valence-corrected chi connectivity index (χ3v) is 6.17. The van der Waals surface area contributed by atoms with E-state index in [0.717, 1.165) is 30.5 Å². The molecule has 0 spiro atoms. The Balaban J connectivity index is 1.39. The van der Waals surface area contributed by atoms with E-state index in [0.29, 0.717) is 31.2 Å². The average Bonchev–Trinajstić information content (AvgIpc) is 2.76. The summed E-state index contributed by atoms with van der Waals surface area (Å²) in [6.45, 7) is 6.53. The molecule has 3 heterocycles. The zero-order chi connectivity index (χ0) is 21.1. The molecule has 8 heteroatoms. The zero-order valence-electron chi connectivity index (χ0n) is 17.3. The van der Waals surface area contributed by atoms with Crippen molar-refractivity contribution in [3.05, 3.63) is 46.4 Å². The Labute approximate surface area is 181 Å². The number of piperazine rings is 1. The van der Waals surface area contributed by atoms with Crippen LogP contribution in [0.25, 0.3) is 0 Å². The number of amides is 1. The second kappa shape index (κ2) is 9.16. The molecular formula is C22H27ClFN5O. The van der Waals surface area contributed by atoms with Crippen molar-refractivity contribution in [2.24, 2.45) is 0 Å². The van der Waals surface area contributed by atoms with E-state index in [1.54, 1.807) is 17.0 Å². The molecule has 0 aliphatic carbocycles. The lowest BCUT2D eigenvalue weighted by molar-refractivity contribution is -0.130. The van der Waals surface area contributed by atoms with E-state index in [-0.39, 0.29) is 17.9 Å². The van der Waals surface area contributed by atoms with Crippen LogP contribution < -0.4 is 9.80 Å². The van der Waals surface area contributed by atoms with E-state index in [1.165, 1.54) is 25.3 Å². The Kier molecular flexibility index (Phi) is 6.37. The van der Waals surface area contributed by atoms with Gasteiger partial charge in [0.15, 0.2) is 0 Å². The molecule has 0 atom stereocenters. The van der Waals surface area contributed by atoms with Gasteiger partial charge in [0.25, 0.3) is 0 Å². The van der Waals surface area contributed by atoms with Crippen molar-refractivity contribution in [2.45, 2.75) is 32.6 Å². The SMILES string of the molecule is Cc1cc(N2CCN(C(=O)Cc3c(F)cccc3Cl)CC2)nc(N2CCCCC2)n1. The van der Waals surface area contributed by atoms with E-state index in [2.05, 4.69) is 14.8 Å². The highest BCUT2D eigenvalue weighted by Gasteiger charge is 2.24. The third-order valence-electron chi connectivity index (χ3n) is 5.81. The lowest BCUT2D eigenvalue weighted by Crippen LogP contribution is -2.49. The normalized spacial score (nSPS) is 17.4. The van der Waals surface area contributed by atoms with Gasteiger partial charge in [0.1, 0.15) is 11.6 Å². The van der Waals surface area contributed by atoms with Gasteiger partial charge in [-0.2, -0.15) is 4.98 Å². The van der Waals surface area contributed by atoms with Crippen LogP contribution >= 0.6 is 11.6 Å². The monoisotopic (exact) mass is 431 g/mol. The predicted molar refractivity (Wildman–Crippen MR) is 117 cm³/mol. The molecular weight excluding hydrogens is 405 g/mol. The first-order valence-electron chi connectivity index (χ1n) is 10.6. The maximum absolute atomic E-state index is 14.0. The number of carbonyl (C=O) groups is 1. The second-order valence-corrected chi connectivity index (χ2v) is 8.37. The molecule has 2 aromatic rings. The van der Waals surface area contributed by atoms with Crippen molar-refractivity contribution in [3.63, 3.8) is 0 Å². The highest BCUT2D eigenvalue weighted by atomic mass is 35.5. The summed E-state index contributed by atoms with van der Waals surface area (Å²) < 4.78 is 14.0. The van der Waals surface area contributed by atoms with Gasteiger partial charge in [-0.15, -0.1) is 0 Å². The molecule has 4 rings (SSSR count). The first-order chi connectivity index (χ1) is 14.5. The Morgan fingerprint density at radius 3 is 2.47 bits per heavy atom. The summed E-state index contributed by atoms with van der Waals surface area (Å²) >= 11 is 6.07. The van der Waals surface area contributed by atoms with Gasteiger partial charge in [-0.3, -0.25) is 4.79 Å². The highest BCUT2D eigenvalue weighted by Crippen LogP contribution is 2.23. The summed E-state index contributed by atoms with van der Waals surface area (Å²) in [4.78, 5) is 28.4. The average molecular weight is 432 g/mol. The minimum atomic E-state index is -0.434. The minimum absolute atomic E-state index is 0.0166. The Hall–Kier alpha value is -2.41. The van der Waals surface area contributed by atoms with Gasteiger partial charge in [0.05, 0.1) is 6.42 Å². The number of aryl methyl sites for hydroxylation is 1. The Morgan fingerprint density at radius 2 is 1.77 bits per heavy atom. The van der Waals surface area contributed by atoms with Crippen molar-refractivity contribution in [2.75, 3.05) is 49.1 Å². The number of carbonyl (C=O) groups excluding carboxylic acids is 1. The lowest BCUT2D eigenvalue weighted by atomic mass is 10.1. The van der Waals surface area contributed by atoms with Crippen molar-refractivity contribution in [1.82, 2.24) is 14.9 Å². The van der Waals surface area contributed by atoms with Gasteiger partial charge >= 0.3 is 0 Å². The number of anilines is 2. The maximum atomic E-state index is 14.0. The molecule has 0 bridgehead atoms. The summed E-state index contributed by atoms with van der Waals surface area (Å²) in [5.74, 6) is 1.18. The number of hydrogen-bond donors (Lipinski definition) is 0. The molecule has 2 saturated heterocycles. The van der Waals surface area contributed by atoms with Crippen LogP contribution in [0.4, 0.5) is 16.2 Å². The van der Waals surface area contributed by atoms with Gasteiger partial charge < -0.3 is 14.7 Å². The van der Waals surface area contributed by atoms with Crippen LogP contribution in [0.5, 0.6) is 0 Å². The van der Waals surface area contributed by atoms with E-state index >= 15 is 0 Å². The minimum Gasteiger partial charge on any atom is -0.353 e. The summed E-state index contributed by atoms with van der Waals surface area (Å²) in [6, 6.07) is 6.50. The van der Waals surface area contributed by atoms with Crippen molar-refractivity contribution in [3.8, 4) is 0 Å². The predicted octanol–water partition coefficient (Wildman–Crippen LogP) is 3.46. The number of hydrogen-bond acceptors (Lipinski definition) is 5. The highest BCUT2D eigenvalue weighted by molar-refractivity contribution is 6.31. The largest absolute Gasteiger partial charge is 0.353 e. The summed E-state index contributed by atoms with van der Waals surface area (Å²) in [5, 5.41) is 0.295. The van der Waals surface area contributed by atoms with E-state index in [1.807, 2.05) is 13.0 Å². The fourth-order valence-corrected chi connectivity index (χ4v) is 4.31. The fraction of sp³-hybridized carbons (Fsp3) is 0.500. The van der Waals surface area contributed by atoms with Gasteiger partial charge in [-0.05, 0) is 38.3 Å².